The van der Waals surface area contributed by atoms with Crippen LogP contribution in [0.1, 0.15) is 32.0 Å². The van der Waals surface area contributed by atoms with Crippen LogP contribution < -0.4 is 0 Å². The molecule has 14 heavy (non-hydrogen) atoms. The standard InChI is InChI=1S/C11H15N3/c1-2-3-4-5-10-13-8-9-6-7-12-11(9)14-10/h6-8H,2-5H2,1H3,(H,12,13,14). The van der Waals surface area contributed by atoms with Crippen molar-refractivity contribution in [2.24, 2.45) is 0 Å². The molecule has 0 fully saturated rings. The molecule has 74 valence electrons. The fraction of sp³-hybridized carbons (Fsp3) is 0.455. The molecule has 3 heteroatoms. The summed E-state index contributed by atoms with van der Waals surface area (Å²) < 4.78 is 0. The zero-order valence-electron chi connectivity index (χ0n) is 8.45. The molecule has 0 radical (unpaired) electrons. The first-order valence-corrected chi connectivity index (χ1v) is 5.19. The highest BCUT2D eigenvalue weighted by Crippen LogP contribution is 2.09. The number of nitrogens with one attached hydrogen (secondary N) is 1. The van der Waals surface area contributed by atoms with E-state index in [1.807, 2.05) is 18.5 Å². The van der Waals surface area contributed by atoms with Crippen LogP contribution in [0.4, 0.5) is 0 Å². The number of aryl methyl sites for hydroxylation is 1. The number of hydrogen-bond donors (Lipinski definition) is 1. The lowest BCUT2D eigenvalue weighted by Crippen LogP contribution is -1.94. The summed E-state index contributed by atoms with van der Waals surface area (Å²) >= 11 is 0. The molecule has 0 aliphatic heterocycles. The number of hydrogen-bond acceptors (Lipinski definition) is 2. The van der Waals surface area contributed by atoms with E-state index in [0.29, 0.717) is 0 Å². The minimum atomic E-state index is 0.950. The molecule has 0 unspecified atom stereocenters. The van der Waals surface area contributed by atoms with Gasteiger partial charge in [-0.25, -0.2) is 9.97 Å². The number of aromatic nitrogens is 3. The highest BCUT2D eigenvalue weighted by atomic mass is 14.9. The summed E-state index contributed by atoms with van der Waals surface area (Å²) in [5, 5.41) is 1.09. The Morgan fingerprint density at radius 1 is 1.36 bits per heavy atom. The summed E-state index contributed by atoms with van der Waals surface area (Å²) in [4.78, 5) is 11.9. The molecule has 2 aromatic rings. The molecule has 0 bridgehead atoms. The molecule has 0 saturated heterocycles. The molecule has 0 aliphatic rings. The highest BCUT2D eigenvalue weighted by molar-refractivity contribution is 5.73. The third kappa shape index (κ3) is 1.92. The van der Waals surface area contributed by atoms with Crippen molar-refractivity contribution in [3.63, 3.8) is 0 Å². The minimum absolute atomic E-state index is 0.950. The van der Waals surface area contributed by atoms with Crippen LogP contribution in [0.15, 0.2) is 18.5 Å². The van der Waals surface area contributed by atoms with Gasteiger partial charge in [0.25, 0.3) is 0 Å². The average Bonchev–Trinajstić information content (AvgIpc) is 2.65. The van der Waals surface area contributed by atoms with Gasteiger partial charge in [-0.15, -0.1) is 0 Å². The predicted molar refractivity (Wildman–Crippen MR) is 57.1 cm³/mol. The van der Waals surface area contributed by atoms with Gasteiger partial charge >= 0.3 is 0 Å². The quantitative estimate of drug-likeness (QED) is 0.751. The van der Waals surface area contributed by atoms with E-state index in [-0.39, 0.29) is 0 Å². The Balaban J connectivity index is 2.10. The zero-order chi connectivity index (χ0) is 9.80. The second-order valence-corrected chi connectivity index (χ2v) is 3.52. The highest BCUT2D eigenvalue weighted by Gasteiger charge is 1.99. The normalized spacial score (nSPS) is 10.9. The Labute approximate surface area is 83.6 Å². The molecule has 2 rings (SSSR count). The van der Waals surface area contributed by atoms with Crippen molar-refractivity contribution >= 4 is 11.0 Å². The Kier molecular flexibility index (Phi) is 2.77. The van der Waals surface area contributed by atoms with E-state index >= 15 is 0 Å². The molecule has 0 aromatic carbocycles. The molecule has 0 aliphatic carbocycles. The maximum atomic E-state index is 4.44. The summed E-state index contributed by atoms with van der Waals surface area (Å²) in [6, 6.07) is 1.99. The van der Waals surface area contributed by atoms with Crippen LogP contribution in [0.3, 0.4) is 0 Å². The maximum Gasteiger partial charge on any atom is 0.140 e. The number of rotatable bonds is 4. The SMILES string of the molecule is CCCCCc1ncc2cc[nH]c2n1. The molecule has 2 heterocycles. The fourth-order valence-electron chi connectivity index (χ4n) is 1.53. The van der Waals surface area contributed by atoms with Crippen molar-refractivity contribution in [2.75, 3.05) is 0 Å². The Hall–Kier alpha value is -1.38. The minimum Gasteiger partial charge on any atom is -0.346 e. The van der Waals surface area contributed by atoms with Crippen LogP contribution in [0.5, 0.6) is 0 Å². The van der Waals surface area contributed by atoms with E-state index in [9.17, 15) is 0 Å². The summed E-state index contributed by atoms with van der Waals surface area (Å²) in [5.41, 5.74) is 0.950. The van der Waals surface area contributed by atoms with E-state index in [2.05, 4.69) is 21.9 Å². The zero-order valence-corrected chi connectivity index (χ0v) is 8.45. The summed E-state index contributed by atoms with van der Waals surface area (Å²) in [6.45, 7) is 2.20. The first kappa shape index (κ1) is 9.19. The molecular weight excluding hydrogens is 174 g/mol. The van der Waals surface area contributed by atoms with Crippen molar-refractivity contribution in [1.29, 1.82) is 0 Å². The fourth-order valence-corrected chi connectivity index (χ4v) is 1.53. The first-order valence-electron chi connectivity index (χ1n) is 5.19. The third-order valence-electron chi connectivity index (χ3n) is 2.35. The van der Waals surface area contributed by atoms with Crippen LogP contribution in [-0.4, -0.2) is 15.0 Å². The van der Waals surface area contributed by atoms with Gasteiger partial charge in [0.2, 0.25) is 0 Å². The lowest BCUT2D eigenvalue weighted by molar-refractivity contribution is 0.695. The Morgan fingerprint density at radius 3 is 3.14 bits per heavy atom. The van der Waals surface area contributed by atoms with Crippen LogP contribution in [0.2, 0.25) is 0 Å². The number of fused-ring (bicyclic) bond motifs is 1. The summed E-state index contributed by atoms with van der Waals surface area (Å²) in [7, 11) is 0. The van der Waals surface area contributed by atoms with Gasteiger partial charge < -0.3 is 4.98 Å². The first-order chi connectivity index (χ1) is 6.90. The molecule has 3 nitrogen and oxygen atoms in total. The smallest absolute Gasteiger partial charge is 0.140 e. The van der Waals surface area contributed by atoms with E-state index in [1.165, 1.54) is 19.3 Å². The second-order valence-electron chi connectivity index (χ2n) is 3.52. The molecule has 0 saturated carbocycles. The van der Waals surface area contributed by atoms with Gasteiger partial charge in [0.15, 0.2) is 0 Å². The van der Waals surface area contributed by atoms with Crippen LogP contribution in [-0.2, 0) is 6.42 Å². The van der Waals surface area contributed by atoms with Crippen molar-refractivity contribution in [2.45, 2.75) is 32.6 Å². The van der Waals surface area contributed by atoms with Crippen molar-refractivity contribution < 1.29 is 0 Å². The van der Waals surface area contributed by atoms with Gasteiger partial charge in [0, 0.05) is 24.2 Å². The predicted octanol–water partition coefficient (Wildman–Crippen LogP) is 2.69. The summed E-state index contributed by atoms with van der Waals surface area (Å²) in [6.07, 6.45) is 8.46. The van der Waals surface area contributed by atoms with Crippen molar-refractivity contribution in [3.05, 3.63) is 24.3 Å². The van der Waals surface area contributed by atoms with Gasteiger partial charge in [-0.3, -0.25) is 0 Å². The maximum absolute atomic E-state index is 4.44. The van der Waals surface area contributed by atoms with Gasteiger partial charge in [-0.05, 0) is 12.5 Å². The van der Waals surface area contributed by atoms with E-state index < -0.39 is 0 Å². The lowest BCUT2D eigenvalue weighted by atomic mass is 10.2. The van der Waals surface area contributed by atoms with E-state index in [0.717, 1.165) is 23.3 Å². The second kappa shape index (κ2) is 4.22. The molecule has 2 aromatic heterocycles. The number of aromatic amines is 1. The monoisotopic (exact) mass is 189 g/mol. The third-order valence-corrected chi connectivity index (χ3v) is 2.35. The van der Waals surface area contributed by atoms with Gasteiger partial charge in [-0.2, -0.15) is 0 Å². The van der Waals surface area contributed by atoms with Gasteiger partial charge in [-0.1, -0.05) is 19.8 Å². The van der Waals surface area contributed by atoms with Crippen molar-refractivity contribution in [3.8, 4) is 0 Å². The molecule has 0 spiro atoms. The largest absolute Gasteiger partial charge is 0.346 e. The van der Waals surface area contributed by atoms with Crippen LogP contribution >= 0.6 is 0 Å². The van der Waals surface area contributed by atoms with E-state index in [1.54, 1.807) is 0 Å². The number of H-pyrrole nitrogens is 1. The molecule has 1 N–H and O–H groups in total. The van der Waals surface area contributed by atoms with Crippen LogP contribution in [0.25, 0.3) is 11.0 Å². The van der Waals surface area contributed by atoms with Crippen molar-refractivity contribution in [1.82, 2.24) is 15.0 Å². The molecular formula is C11H15N3. The Morgan fingerprint density at radius 2 is 2.29 bits per heavy atom. The summed E-state index contributed by atoms with van der Waals surface area (Å²) in [5.74, 6) is 0.952. The number of unbranched alkanes of at least 4 members (excludes halogenated alkanes) is 2. The van der Waals surface area contributed by atoms with Crippen LogP contribution in [0, 0.1) is 0 Å². The molecule has 0 atom stereocenters. The Bertz CT molecular complexity index is 406. The molecule has 0 amide bonds. The number of nitrogens with zero attached hydrogens (tertiary/aromatic N) is 2. The van der Waals surface area contributed by atoms with E-state index in [4.69, 9.17) is 0 Å². The van der Waals surface area contributed by atoms with Gasteiger partial charge in [0.1, 0.15) is 11.5 Å². The van der Waals surface area contributed by atoms with Gasteiger partial charge in [0.05, 0.1) is 0 Å². The lowest BCUT2D eigenvalue weighted by Gasteiger charge is -1.98. The average molecular weight is 189 g/mol. The topological polar surface area (TPSA) is 41.6 Å².